The van der Waals surface area contributed by atoms with Crippen molar-refractivity contribution in [3.05, 3.63) is 12.2 Å². The molecule has 106 valence electrons. The van der Waals surface area contributed by atoms with Crippen LogP contribution in [-0.2, 0) is 11.2 Å². The van der Waals surface area contributed by atoms with Gasteiger partial charge in [0.05, 0.1) is 12.7 Å². The zero-order valence-electron chi connectivity index (χ0n) is 11.7. The van der Waals surface area contributed by atoms with Gasteiger partial charge in [-0.05, 0) is 39.0 Å². The topological polar surface area (TPSA) is 60.2 Å². The highest BCUT2D eigenvalue weighted by Crippen LogP contribution is 2.49. The number of aliphatic hydroxyl groups is 1. The van der Waals surface area contributed by atoms with E-state index in [1.807, 2.05) is 4.68 Å². The van der Waals surface area contributed by atoms with Gasteiger partial charge in [0.15, 0.2) is 0 Å². The molecule has 1 saturated carbocycles. The van der Waals surface area contributed by atoms with Crippen LogP contribution in [0.3, 0.4) is 0 Å². The summed E-state index contributed by atoms with van der Waals surface area (Å²) in [4.78, 5) is 4.39. The minimum Gasteiger partial charge on any atom is -0.396 e. The van der Waals surface area contributed by atoms with Gasteiger partial charge in [0.2, 0.25) is 0 Å². The summed E-state index contributed by atoms with van der Waals surface area (Å²) in [7, 11) is 0. The van der Waals surface area contributed by atoms with Crippen molar-refractivity contribution >= 4 is 0 Å². The molecule has 1 N–H and O–H groups in total. The third kappa shape index (κ3) is 2.30. The second-order valence-corrected chi connectivity index (χ2v) is 6.29. The minimum absolute atomic E-state index is 0.152. The van der Waals surface area contributed by atoms with Gasteiger partial charge < -0.3 is 9.84 Å². The van der Waals surface area contributed by atoms with Crippen LogP contribution in [0.5, 0.6) is 0 Å². The number of ether oxygens (including phenoxy) is 1. The molecule has 5 nitrogen and oxygen atoms in total. The third-order valence-corrected chi connectivity index (χ3v) is 4.51. The molecule has 0 amide bonds. The number of aromatic nitrogens is 3. The Morgan fingerprint density at radius 1 is 1.53 bits per heavy atom. The zero-order valence-corrected chi connectivity index (χ0v) is 11.7. The van der Waals surface area contributed by atoms with Crippen molar-refractivity contribution in [2.45, 2.75) is 51.7 Å². The fraction of sp³-hybridized carbons (Fsp3) is 0.857. The monoisotopic (exact) mass is 265 g/mol. The second kappa shape index (κ2) is 4.87. The summed E-state index contributed by atoms with van der Waals surface area (Å²) in [5.41, 5.74) is -0.152. The SMILES string of the molecule is CC(C)n1ncnc1CC1(CO)CCOC1C1CC1. The van der Waals surface area contributed by atoms with Crippen LogP contribution in [0.1, 0.15) is 45.0 Å². The molecule has 2 atom stereocenters. The summed E-state index contributed by atoms with van der Waals surface area (Å²) in [6, 6.07) is 0.301. The predicted molar refractivity (Wildman–Crippen MR) is 70.7 cm³/mol. The van der Waals surface area contributed by atoms with Gasteiger partial charge >= 0.3 is 0 Å². The van der Waals surface area contributed by atoms with Crippen LogP contribution >= 0.6 is 0 Å². The number of aliphatic hydroxyl groups excluding tert-OH is 1. The number of hydrogen-bond acceptors (Lipinski definition) is 4. The summed E-state index contributed by atoms with van der Waals surface area (Å²) in [6.45, 7) is 5.15. The average Bonchev–Trinajstić information content (AvgIpc) is 2.98. The molecule has 19 heavy (non-hydrogen) atoms. The summed E-state index contributed by atoms with van der Waals surface area (Å²) >= 11 is 0. The molecule has 0 bridgehead atoms. The first-order valence-corrected chi connectivity index (χ1v) is 7.27. The average molecular weight is 265 g/mol. The lowest BCUT2D eigenvalue weighted by Gasteiger charge is -2.32. The molecule has 2 aliphatic rings. The van der Waals surface area contributed by atoms with Gasteiger partial charge in [-0.15, -0.1) is 0 Å². The lowest BCUT2D eigenvalue weighted by Crippen LogP contribution is -2.39. The Morgan fingerprint density at radius 2 is 2.32 bits per heavy atom. The summed E-state index contributed by atoms with van der Waals surface area (Å²) in [5, 5.41) is 14.2. The van der Waals surface area contributed by atoms with E-state index < -0.39 is 0 Å². The maximum atomic E-state index is 9.95. The predicted octanol–water partition coefficient (Wildman–Crippen LogP) is 1.58. The van der Waals surface area contributed by atoms with Crippen molar-refractivity contribution in [2.24, 2.45) is 11.3 Å². The Morgan fingerprint density at radius 3 is 2.95 bits per heavy atom. The minimum atomic E-state index is -0.152. The standard InChI is InChI=1S/C14H23N3O2/c1-10(2)17-12(15-9-16-17)7-14(8-18)5-6-19-13(14)11-3-4-11/h9-11,13,18H,3-8H2,1-2H3. The van der Waals surface area contributed by atoms with E-state index in [9.17, 15) is 5.11 Å². The second-order valence-electron chi connectivity index (χ2n) is 6.29. The Balaban J connectivity index is 1.84. The lowest BCUT2D eigenvalue weighted by atomic mass is 9.76. The van der Waals surface area contributed by atoms with E-state index in [4.69, 9.17) is 4.74 Å². The molecule has 2 unspecified atom stereocenters. The third-order valence-electron chi connectivity index (χ3n) is 4.51. The van der Waals surface area contributed by atoms with E-state index >= 15 is 0 Å². The van der Waals surface area contributed by atoms with Crippen LogP contribution in [0.25, 0.3) is 0 Å². The van der Waals surface area contributed by atoms with Gasteiger partial charge in [-0.25, -0.2) is 9.67 Å². The Kier molecular flexibility index (Phi) is 3.35. The fourth-order valence-corrected chi connectivity index (χ4v) is 3.30. The first-order chi connectivity index (χ1) is 9.16. The van der Waals surface area contributed by atoms with Crippen LogP contribution in [0.15, 0.2) is 6.33 Å². The molecule has 1 saturated heterocycles. The molecule has 0 radical (unpaired) electrons. The van der Waals surface area contributed by atoms with Crippen molar-refractivity contribution < 1.29 is 9.84 Å². The molecule has 1 aromatic rings. The van der Waals surface area contributed by atoms with E-state index in [2.05, 4.69) is 23.9 Å². The van der Waals surface area contributed by atoms with Crippen molar-refractivity contribution in [2.75, 3.05) is 13.2 Å². The van der Waals surface area contributed by atoms with Gasteiger partial charge in [0.1, 0.15) is 12.2 Å². The van der Waals surface area contributed by atoms with Crippen LogP contribution in [0, 0.1) is 11.3 Å². The molecule has 3 rings (SSSR count). The highest BCUT2D eigenvalue weighted by molar-refractivity contribution is 5.05. The van der Waals surface area contributed by atoms with Crippen LogP contribution in [0.4, 0.5) is 0 Å². The maximum Gasteiger partial charge on any atom is 0.138 e. The molecule has 2 fully saturated rings. The van der Waals surface area contributed by atoms with Gasteiger partial charge in [0, 0.05) is 24.5 Å². The van der Waals surface area contributed by atoms with Gasteiger partial charge in [-0.2, -0.15) is 5.10 Å². The highest BCUT2D eigenvalue weighted by Gasteiger charge is 2.51. The molecule has 1 aliphatic carbocycles. The van der Waals surface area contributed by atoms with Crippen LogP contribution in [-0.4, -0.2) is 39.2 Å². The van der Waals surface area contributed by atoms with E-state index in [-0.39, 0.29) is 18.1 Å². The first-order valence-electron chi connectivity index (χ1n) is 7.27. The van der Waals surface area contributed by atoms with E-state index in [0.29, 0.717) is 12.0 Å². The molecule has 2 heterocycles. The largest absolute Gasteiger partial charge is 0.396 e. The Hall–Kier alpha value is -0.940. The molecule has 5 heteroatoms. The smallest absolute Gasteiger partial charge is 0.138 e. The summed E-state index contributed by atoms with van der Waals surface area (Å²) in [5.74, 6) is 1.62. The van der Waals surface area contributed by atoms with Gasteiger partial charge in [0.25, 0.3) is 0 Å². The molecular weight excluding hydrogens is 242 g/mol. The van der Waals surface area contributed by atoms with Crippen LogP contribution < -0.4 is 0 Å². The summed E-state index contributed by atoms with van der Waals surface area (Å²) in [6.07, 6.45) is 5.99. The molecule has 0 aromatic carbocycles. The quantitative estimate of drug-likeness (QED) is 0.878. The fourth-order valence-electron chi connectivity index (χ4n) is 3.30. The summed E-state index contributed by atoms with van der Waals surface area (Å²) < 4.78 is 7.87. The zero-order chi connectivity index (χ0) is 13.5. The maximum absolute atomic E-state index is 9.95. The van der Waals surface area contributed by atoms with E-state index in [0.717, 1.165) is 25.3 Å². The first kappa shape index (κ1) is 13.1. The Labute approximate surface area is 114 Å². The molecule has 1 aliphatic heterocycles. The lowest BCUT2D eigenvalue weighted by molar-refractivity contribution is -0.00105. The van der Waals surface area contributed by atoms with Gasteiger partial charge in [-0.1, -0.05) is 0 Å². The molecule has 0 spiro atoms. The van der Waals surface area contributed by atoms with Crippen LogP contribution in [0.2, 0.25) is 0 Å². The van der Waals surface area contributed by atoms with Crippen molar-refractivity contribution in [1.29, 1.82) is 0 Å². The number of rotatable bonds is 5. The highest BCUT2D eigenvalue weighted by atomic mass is 16.5. The molecule has 1 aromatic heterocycles. The molecular formula is C14H23N3O2. The van der Waals surface area contributed by atoms with Crippen molar-refractivity contribution in [3.8, 4) is 0 Å². The van der Waals surface area contributed by atoms with E-state index in [1.54, 1.807) is 6.33 Å². The van der Waals surface area contributed by atoms with Gasteiger partial charge in [-0.3, -0.25) is 0 Å². The number of nitrogens with zero attached hydrogens (tertiary/aromatic N) is 3. The normalized spacial score (nSPS) is 31.3. The number of hydrogen-bond donors (Lipinski definition) is 1. The van der Waals surface area contributed by atoms with Crippen molar-refractivity contribution in [1.82, 2.24) is 14.8 Å². The van der Waals surface area contributed by atoms with E-state index in [1.165, 1.54) is 12.8 Å². The Bertz CT molecular complexity index is 442. The van der Waals surface area contributed by atoms with Crippen molar-refractivity contribution in [3.63, 3.8) is 0 Å².